The smallest absolute Gasteiger partial charge is 0.155 e. The monoisotopic (exact) mass is 188 g/mol. The molecule has 2 aromatic heterocycles. The van der Waals surface area contributed by atoms with Crippen LogP contribution >= 0.6 is 0 Å². The Morgan fingerprint density at radius 2 is 2.50 bits per heavy atom. The van der Waals surface area contributed by atoms with E-state index in [0.717, 1.165) is 18.7 Å². The molecule has 1 atom stereocenters. The number of fused-ring (bicyclic) bond motifs is 1. The number of rotatable bonds is 1. The van der Waals surface area contributed by atoms with Crippen molar-refractivity contribution >= 4 is 5.65 Å². The molecule has 4 heteroatoms. The minimum Gasteiger partial charge on any atom is -0.316 e. The molecule has 3 rings (SSSR count). The largest absolute Gasteiger partial charge is 0.316 e. The quantitative estimate of drug-likeness (QED) is 0.720. The van der Waals surface area contributed by atoms with Crippen LogP contribution in [0.1, 0.15) is 17.9 Å². The molecule has 1 saturated heterocycles. The minimum absolute atomic E-state index is 0.650. The van der Waals surface area contributed by atoms with Crippen molar-refractivity contribution in [3.63, 3.8) is 0 Å². The van der Waals surface area contributed by atoms with E-state index in [4.69, 9.17) is 0 Å². The number of aromatic nitrogens is 3. The van der Waals surface area contributed by atoms with Crippen molar-refractivity contribution < 1.29 is 0 Å². The highest BCUT2D eigenvalue weighted by molar-refractivity contribution is 5.41. The standard InChI is InChI=1S/C10H12N4/c1-3-11-6-9(1)8-2-4-14-10(5-8)12-7-13-14/h2,4-5,7,9,11H,1,3,6H2. The van der Waals surface area contributed by atoms with Crippen molar-refractivity contribution in [2.75, 3.05) is 13.1 Å². The lowest BCUT2D eigenvalue weighted by atomic mass is 10.00. The molecule has 0 amide bonds. The van der Waals surface area contributed by atoms with Gasteiger partial charge in [0.25, 0.3) is 0 Å². The van der Waals surface area contributed by atoms with Gasteiger partial charge in [0, 0.05) is 12.7 Å². The number of pyridine rings is 1. The summed E-state index contributed by atoms with van der Waals surface area (Å²) in [6.45, 7) is 2.22. The molecular formula is C10H12N4. The molecule has 1 unspecified atom stereocenters. The SMILES string of the molecule is c1nc2cc(C3CCNC3)ccn2n1. The Morgan fingerprint density at radius 1 is 1.50 bits per heavy atom. The Bertz CT molecular complexity index is 442. The number of nitrogens with one attached hydrogen (secondary N) is 1. The number of hydrogen-bond acceptors (Lipinski definition) is 3. The molecule has 1 fully saturated rings. The van der Waals surface area contributed by atoms with Crippen LogP contribution in [0.15, 0.2) is 24.7 Å². The molecule has 3 heterocycles. The van der Waals surface area contributed by atoms with Crippen LogP contribution in [0, 0.1) is 0 Å². The van der Waals surface area contributed by atoms with Crippen molar-refractivity contribution in [2.45, 2.75) is 12.3 Å². The molecule has 0 radical (unpaired) electrons. The lowest BCUT2D eigenvalue weighted by Crippen LogP contribution is -2.08. The summed E-state index contributed by atoms with van der Waals surface area (Å²) in [6.07, 6.45) is 4.80. The number of nitrogens with zero attached hydrogens (tertiary/aromatic N) is 3. The predicted octanol–water partition coefficient (Wildman–Crippen LogP) is 0.806. The fraction of sp³-hybridized carbons (Fsp3) is 0.400. The Balaban J connectivity index is 2.04. The molecule has 72 valence electrons. The molecule has 1 aliphatic rings. The molecule has 0 saturated carbocycles. The molecule has 0 spiro atoms. The molecule has 0 aromatic carbocycles. The second kappa shape index (κ2) is 3.06. The zero-order chi connectivity index (χ0) is 9.38. The summed E-state index contributed by atoms with van der Waals surface area (Å²) < 4.78 is 1.80. The van der Waals surface area contributed by atoms with E-state index < -0.39 is 0 Å². The third-order valence-electron chi connectivity index (χ3n) is 2.84. The number of hydrogen-bond donors (Lipinski definition) is 1. The average molecular weight is 188 g/mol. The Morgan fingerprint density at radius 3 is 3.36 bits per heavy atom. The van der Waals surface area contributed by atoms with Gasteiger partial charge in [-0.1, -0.05) is 0 Å². The summed E-state index contributed by atoms with van der Waals surface area (Å²) >= 11 is 0. The fourth-order valence-corrected chi connectivity index (χ4v) is 2.02. The first kappa shape index (κ1) is 7.94. The Kier molecular flexibility index (Phi) is 1.73. The van der Waals surface area contributed by atoms with E-state index in [2.05, 4.69) is 27.5 Å². The topological polar surface area (TPSA) is 42.2 Å². The van der Waals surface area contributed by atoms with Crippen LogP contribution in [0.3, 0.4) is 0 Å². The first-order valence-electron chi connectivity index (χ1n) is 4.93. The van der Waals surface area contributed by atoms with E-state index in [1.165, 1.54) is 12.0 Å². The van der Waals surface area contributed by atoms with Gasteiger partial charge in [0.05, 0.1) is 0 Å². The summed E-state index contributed by atoms with van der Waals surface area (Å²) in [4.78, 5) is 4.18. The first-order valence-corrected chi connectivity index (χ1v) is 4.93. The third kappa shape index (κ3) is 1.19. The van der Waals surface area contributed by atoms with E-state index in [9.17, 15) is 0 Å². The van der Waals surface area contributed by atoms with E-state index in [0.29, 0.717) is 5.92 Å². The van der Waals surface area contributed by atoms with Gasteiger partial charge in [-0.15, -0.1) is 0 Å². The van der Waals surface area contributed by atoms with Crippen LogP contribution in [0.5, 0.6) is 0 Å². The normalized spacial score (nSPS) is 21.9. The summed E-state index contributed by atoms with van der Waals surface area (Å²) in [5.74, 6) is 0.650. The lowest BCUT2D eigenvalue weighted by molar-refractivity contribution is 0.760. The summed E-state index contributed by atoms with van der Waals surface area (Å²) in [7, 11) is 0. The van der Waals surface area contributed by atoms with Crippen molar-refractivity contribution in [2.24, 2.45) is 0 Å². The van der Waals surface area contributed by atoms with E-state index in [1.54, 1.807) is 10.8 Å². The van der Waals surface area contributed by atoms with Crippen LogP contribution in [-0.4, -0.2) is 27.7 Å². The van der Waals surface area contributed by atoms with Gasteiger partial charge in [0.15, 0.2) is 5.65 Å². The summed E-state index contributed by atoms with van der Waals surface area (Å²) in [5, 5.41) is 7.45. The van der Waals surface area contributed by atoms with Crippen molar-refractivity contribution in [1.29, 1.82) is 0 Å². The maximum atomic E-state index is 4.18. The molecule has 0 aliphatic carbocycles. The lowest BCUT2D eigenvalue weighted by Gasteiger charge is -2.07. The first-order chi connectivity index (χ1) is 6.93. The van der Waals surface area contributed by atoms with Crippen LogP contribution in [0.25, 0.3) is 5.65 Å². The summed E-state index contributed by atoms with van der Waals surface area (Å²) in [6, 6.07) is 4.27. The van der Waals surface area contributed by atoms with Crippen LogP contribution in [-0.2, 0) is 0 Å². The maximum Gasteiger partial charge on any atom is 0.155 e. The van der Waals surface area contributed by atoms with Gasteiger partial charge < -0.3 is 5.32 Å². The summed E-state index contributed by atoms with van der Waals surface area (Å²) in [5.41, 5.74) is 2.31. The Labute approximate surface area is 82.0 Å². The second-order valence-electron chi connectivity index (χ2n) is 3.71. The average Bonchev–Trinajstić information content (AvgIpc) is 2.88. The molecule has 2 aromatic rings. The molecular weight excluding hydrogens is 176 g/mol. The van der Waals surface area contributed by atoms with Crippen LogP contribution < -0.4 is 5.32 Å². The molecule has 1 aliphatic heterocycles. The van der Waals surface area contributed by atoms with Gasteiger partial charge >= 0.3 is 0 Å². The van der Waals surface area contributed by atoms with Crippen LogP contribution in [0.4, 0.5) is 0 Å². The van der Waals surface area contributed by atoms with Crippen molar-refractivity contribution in [3.8, 4) is 0 Å². The molecule has 14 heavy (non-hydrogen) atoms. The predicted molar refractivity (Wildman–Crippen MR) is 53.2 cm³/mol. The van der Waals surface area contributed by atoms with Gasteiger partial charge in [0.2, 0.25) is 0 Å². The van der Waals surface area contributed by atoms with E-state index in [1.807, 2.05) is 6.20 Å². The van der Waals surface area contributed by atoms with Gasteiger partial charge in [-0.2, -0.15) is 5.10 Å². The molecule has 1 N–H and O–H groups in total. The zero-order valence-electron chi connectivity index (χ0n) is 7.85. The van der Waals surface area contributed by atoms with Gasteiger partial charge in [-0.05, 0) is 36.6 Å². The zero-order valence-corrected chi connectivity index (χ0v) is 7.85. The minimum atomic E-state index is 0.650. The molecule has 0 bridgehead atoms. The van der Waals surface area contributed by atoms with Gasteiger partial charge in [-0.25, -0.2) is 9.50 Å². The van der Waals surface area contributed by atoms with E-state index >= 15 is 0 Å². The van der Waals surface area contributed by atoms with Crippen molar-refractivity contribution in [1.82, 2.24) is 19.9 Å². The van der Waals surface area contributed by atoms with Gasteiger partial charge in [-0.3, -0.25) is 0 Å². The van der Waals surface area contributed by atoms with Crippen LogP contribution in [0.2, 0.25) is 0 Å². The second-order valence-corrected chi connectivity index (χ2v) is 3.71. The van der Waals surface area contributed by atoms with E-state index in [-0.39, 0.29) is 0 Å². The van der Waals surface area contributed by atoms with Gasteiger partial charge in [0.1, 0.15) is 6.33 Å². The Hall–Kier alpha value is -1.42. The fourth-order valence-electron chi connectivity index (χ4n) is 2.02. The highest BCUT2D eigenvalue weighted by Gasteiger charge is 2.16. The van der Waals surface area contributed by atoms with Crippen molar-refractivity contribution in [3.05, 3.63) is 30.2 Å². The highest BCUT2D eigenvalue weighted by atomic mass is 15.3. The third-order valence-corrected chi connectivity index (χ3v) is 2.84. The maximum absolute atomic E-state index is 4.18. The molecule has 4 nitrogen and oxygen atoms in total. The highest BCUT2D eigenvalue weighted by Crippen LogP contribution is 2.22.